The van der Waals surface area contributed by atoms with E-state index in [2.05, 4.69) is 30.3 Å². The molecule has 0 aliphatic carbocycles. The van der Waals surface area contributed by atoms with Gasteiger partial charge in [0, 0.05) is 27.6 Å². The zero-order valence-electron chi connectivity index (χ0n) is 21.9. The van der Waals surface area contributed by atoms with Gasteiger partial charge in [0.25, 0.3) is 0 Å². The summed E-state index contributed by atoms with van der Waals surface area (Å²) in [7, 11) is 0. The number of fused-ring (bicyclic) bond motifs is 4. The molecule has 0 spiro atoms. The molecular weight excluding hydrogens is 504 g/mol. The number of rotatable bonds is 4. The summed E-state index contributed by atoms with van der Waals surface area (Å²) in [5.41, 5.74) is 5.80. The molecule has 41 heavy (non-hydrogen) atoms. The molecule has 8 aromatic rings. The van der Waals surface area contributed by atoms with Crippen molar-refractivity contribution in [3.63, 3.8) is 0 Å². The Labute approximate surface area is 235 Å². The average molecular weight is 527 g/mol. The van der Waals surface area contributed by atoms with Crippen LogP contribution in [0.1, 0.15) is 0 Å². The highest BCUT2D eigenvalue weighted by atomic mass is 16.3. The van der Waals surface area contributed by atoms with Crippen LogP contribution in [0.25, 0.3) is 78.3 Å². The fourth-order valence-electron chi connectivity index (χ4n) is 5.32. The van der Waals surface area contributed by atoms with E-state index < -0.39 is 0 Å². The van der Waals surface area contributed by atoms with Crippen molar-refractivity contribution in [3.8, 4) is 45.4 Å². The van der Waals surface area contributed by atoms with Crippen LogP contribution in [-0.2, 0) is 0 Å². The van der Waals surface area contributed by atoms with Crippen molar-refractivity contribution in [3.05, 3.63) is 133 Å². The van der Waals surface area contributed by atoms with E-state index in [0.29, 0.717) is 23.2 Å². The maximum absolute atomic E-state index is 6.43. The zero-order chi connectivity index (χ0) is 27.2. The summed E-state index contributed by atoms with van der Waals surface area (Å²) < 4.78 is 6.43. The smallest absolute Gasteiger partial charge is 0.228 e. The second-order valence-corrected chi connectivity index (χ2v) is 9.94. The Morgan fingerprint density at radius 2 is 0.951 bits per heavy atom. The van der Waals surface area contributed by atoms with Crippen LogP contribution in [0.3, 0.4) is 0 Å². The number of pyridine rings is 1. The summed E-state index contributed by atoms with van der Waals surface area (Å²) in [6.07, 6.45) is 0. The number of nitrogens with zero attached hydrogens (tertiary/aromatic N) is 4. The van der Waals surface area contributed by atoms with E-state index in [1.54, 1.807) is 0 Å². The van der Waals surface area contributed by atoms with Crippen LogP contribution in [0.4, 0.5) is 0 Å². The van der Waals surface area contributed by atoms with Gasteiger partial charge in [-0.1, -0.05) is 115 Å². The molecule has 0 N–H and O–H groups in total. The maximum atomic E-state index is 6.43. The lowest BCUT2D eigenvalue weighted by atomic mass is 10.0. The lowest BCUT2D eigenvalue weighted by Gasteiger charge is -2.10. The molecule has 0 bridgehead atoms. The summed E-state index contributed by atoms with van der Waals surface area (Å²) in [4.78, 5) is 20.0. The molecule has 0 saturated carbocycles. The second-order valence-electron chi connectivity index (χ2n) is 9.94. The first-order chi connectivity index (χ1) is 20.3. The van der Waals surface area contributed by atoms with Gasteiger partial charge < -0.3 is 4.42 Å². The van der Waals surface area contributed by atoms with Gasteiger partial charge in [0.15, 0.2) is 17.5 Å². The minimum Gasteiger partial charge on any atom is -0.438 e. The van der Waals surface area contributed by atoms with Crippen molar-refractivity contribution in [1.29, 1.82) is 0 Å². The van der Waals surface area contributed by atoms with Crippen LogP contribution in [0.2, 0.25) is 0 Å². The van der Waals surface area contributed by atoms with Crippen LogP contribution >= 0.6 is 0 Å². The molecule has 3 aromatic heterocycles. The molecule has 3 heterocycles. The predicted molar refractivity (Wildman–Crippen MR) is 164 cm³/mol. The van der Waals surface area contributed by atoms with Crippen LogP contribution in [0, 0.1) is 0 Å². The van der Waals surface area contributed by atoms with E-state index in [4.69, 9.17) is 24.4 Å². The molecule has 192 valence electrons. The van der Waals surface area contributed by atoms with Crippen molar-refractivity contribution in [1.82, 2.24) is 19.9 Å². The molecular formula is C36H22N4O. The Morgan fingerprint density at radius 1 is 0.439 bits per heavy atom. The molecule has 5 heteroatoms. The monoisotopic (exact) mass is 526 g/mol. The normalized spacial score (nSPS) is 11.4. The van der Waals surface area contributed by atoms with Crippen molar-refractivity contribution >= 4 is 32.8 Å². The number of benzene rings is 5. The van der Waals surface area contributed by atoms with E-state index >= 15 is 0 Å². The zero-order valence-corrected chi connectivity index (χ0v) is 21.9. The molecule has 5 nitrogen and oxygen atoms in total. The first-order valence-electron chi connectivity index (χ1n) is 13.5. The van der Waals surface area contributed by atoms with Crippen LogP contribution in [-0.4, -0.2) is 19.9 Å². The maximum Gasteiger partial charge on any atom is 0.228 e. The van der Waals surface area contributed by atoms with Crippen LogP contribution in [0.15, 0.2) is 138 Å². The summed E-state index contributed by atoms with van der Waals surface area (Å²) >= 11 is 0. The first kappa shape index (κ1) is 23.2. The lowest BCUT2D eigenvalue weighted by molar-refractivity contribution is 0.655. The van der Waals surface area contributed by atoms with Crippen LogP contribution in [0.5, 0.6) is 0 Å². The van der Waals surface area contributed by atoms with Gasteiger partial charge in [-0.15, -0.1) is 0 Å². The Bertz CT molecular complexity index is 2130. The summed E-state index contributed by atoms with van der Waals surface area (Å²) in [6.45, 7) is 0. The summed E-state index contributed by atoms with van der Waals surface area (Å²) in [5, 5.41) is 4.10. The first-order valence-corrected chi connectivity index (χ1v) is 13.5. The minimum absolute atomic E-state index is 0.551. The molecule has 0 fully saturated rings. The third-order valence-corrected chi connectivity index (χ3v) is 7.32. The molecule has 0 atom stereocenters. The highest BCUT2D eigenvalue weighted by Crippen LogP contribution is 2.39. The molecule has 0 radical (unpaired) electrons. The van der Waals surface area contributed by atoms with Gasteiger partial charge in [0.1, 0.15) is 5.58 Å². The van der Waals surface area contributed by atoms with E-state index in [9.17, 15) is 0 Å². The summed E-state index contributed by atoms with van der Waals surface area (Å²) in [5.74, 6) is 1.79. The lowest BCUT2D eigenvalue weighted by Crippen LogP contribution is -2.01. The summed E-state index contributed by atoms with van der Waals surface area (Å²) in [6, 6.07) is 44.8. The Morgan fingerprint density at radius 3 is 1.56 bits per heavy atom. The third kappa shape index (κ3) is 4.12. The number of furan rings is 1. The number of aromatic nitrogens is 4. The SMILES string of the molecule is c1ccc(-c2cc(-c3nc(-c4ccccc4)nc(-c4ccccc4)n3)c3c(n2)oc2cc4ccccc4cc23)cc1. The minimum atomic E-state index is 0.551. The van der Waals surface area contributed by atoms with Gasteiger partial charge in [-0.3, -0.25) is 0 Å². The Balaban J connectivity index is 1.47. The van der Waals surface area contributed by atoms with Crippen LogP contribution < -0.4 is 0 Å². The molecule has 8 rings (SSSR count). The van der Waals surface area contributed by atoms with Gasteiger partial charge >= 0.3 is 0 Å². The predicted octanol–water partition coefficient (Wildman–Crippen LogP) is 8.99. The van der Waals surface area contributed by atoms with Gasteiger partial charge in [-0.2, -0.15) is 0 Å². The molecule has 0 unspecified atom stereocenters. The Kier molecular flexibility index (Phi) is 5.38. The largest absolute Gasteiger partial charge is 0.438 e. The number of hydrogen-bond donors (Lipinski definition) is 0. The van der Waals surface area contributed by atoms with Crippen molar-refractivity contribution in [2.45, 2.75) is 0 Å². The Hall–Kier alpha value is -5.68. The van der Waals surface area contributed by atoms with Crippen molar-refractivity contribution in [2.75, 3.05) is 0 Å². The van der Waals surface area contributed by atoms with Gasteiger partial charge in [-0.05, 0) is 29.0 Å². The fraction of sp³-hybridized carbons (Fsp3) is 0. The highest BCUT2D eigenvalue weighted by molar-refractivity contribution is 6.14. The average Bonchev–Trinajstić information content (AvgIpc) is 3.41. The van der Waals surface area contributed by atoms with E-state index in [1.165, 1.54) is 0 Å². The molecule has 0 saturated heterocycles. The van der Waals surface area contributed by atoms with Crippen molar-refractivity contribution in [2.24, 2.45) is 0 Å². The van der Waals surface area contributed by atoms with Gasteiger partial charge in [0.05, 0.1) is 11.1 Å². The van der Waals surface area contributed by atoms with Crippen molar-refractivity contribution < 1.29 is 4.42 Å². The molecule has 5 aromatic carbocycles. The molecule has 0 aliphatic heterocycles. The fourth-order valence-corrected chi connectivity index (χ4v) is 5.32. The quantitative estimate of drug-likeness (QED) is 0.229. The standard InChI is InChI=1S/C36H22N4O/c1-4-12-23(13-5-1)30-22-29(32-28-20-26-18-10-11-19-27(26)21-31(28)41-36(32)37-30)35-39-33(24-14-6-2-7-15-24)38-34(40-35)25-16-8-3-9-17-25/h1-22H. The number of hydrogen-bond acceptors (Lipinski definition) is 5. The molecule has 0 aliphatic rings. The van der Waals surface area contributed by atoms with Gasteiger partial charge in [0.2, 0.25) is 5.71 Å². The topological polar surface area (TPSA) is 64.7 Å². The van der Waals surface area contributed by atoms with E-state index in [-0.39, 0.29) is 0 Å². The third-order valence-electron chi connectivity index (χ3n) is 7.32. The molecule has 0 amide bonds. The van der Waals surface area contributed by atoms with Gasteiger partial charge in [-0.25, -0.2) is 19.9 Å². The van der Waals surface area contributed by atoms with E-state index in [1.807, 2.05) is 103 Å². The highest BCUT2D eigenvalue weighted by Gasteiger charge is 2.21. The second kappa shape index (κ2) is 9.50. The van der Waals surface area contributed by atoms with E-state index in [0.717, 1.165) is 55.1 Å².